The van der Waals surface area contributed by atoms with Gasteiger partial charge in [0.1, 0.15) is 5.02 Å². The summed E-state index contributed by atoms with van der Waals surface area (Å²) in [5.41, 5.74) is 9.25. The minimum absolute atomic E-state index is 0.0642. The predicted octanol–water partition coefficient (Wildman–Crippen LogP) is 2.95. The summed E-state index contributed by atoms with van der Waals surface area (Å²) in [6.07, 6.45) is 3.34. The molecular weight excluding hydrogens is 312 g/mol. The van der Waals surface area contributed by atoms with Gasteiger partial charge >= 0.3 is 0 Å². The van der Waals surface area contributed by atoms with Crippen LogP contribution in [0.1, 0.15) is 30.5 Å². The Labute approximate surface area is 140 Å². The van der Waals surface area contributed by atoms with Crippen molar-refractivity contribution >= 4 is 23.1 Å². The van der Waals surface area contributed by atoms with Gasteiger partial charge in [0.05, 0.1) is 18.9 Å². The Morgan fingerprint density at radius 3 is 2.39 bits per heavy atom. The zero-order valence-electron chi connectivity index (χ0n) is 13.0. The topological polar surface area (TPSA) is 67.2 Å². The number of nitrogens with one attached hydrogen (secondary N) is 1. The van der Waals surface area contributed by atoms with Gasteiger partial charge in [0.15, 0.2) is 5.82 Å². The van der Waals surface area contributed by atoms with Crippen LogP contribution in [0.15, 0.2) is 24.3 Å². The number of hydrogen-bond donors (Lipinski definition) is 2. The van der Waals surface area contributed by atoms with Crippen molar-refractivity contribution in [2.24, 2.45) is 0 Å². The standard InChI is InChI=1S/C17H21ClN4O/c18-14-15(20-21-16(14)19)17(6-1-7-17)12-2-4-13(5-3-12)22-8-10-23-11-9-22/h2-5H,1,6-11H2,(H3,19,20,21). The van der Waals surface area contributed by atoms with E-state index in [1.165, 1.54) is 17.7 Å². The van der Waals surface area contributed by atoms with Crippen LogP contribution in [0.5, 0.6) is 0 Å². The van der Waals surface area contributed by atoms with E-state index in [1.807, 2.05) is 0 Å². The molecule has 5 nitrogen and oxygen atoms in total. The molecule has 2 heterocycles. The highest BCUT2D eigenvalue weighted by molar-refractivity contribution is 6.33. The molecule has 2 aromatic rings. The number of ether oxygens (including phenoxy) is 1. The predicted molar refractivity (Wildman–Crippen MR) is 92.1 cm³/mol. The lowest BCUT2D eigenvalue weighted by atomic mass is 9.62. The summed E-state index contributed by atoms with van der Waals surface area (Å²) in [6.45, 7) is 3.50. The Morgan fingerprint density at radius 2 is 1.87 bits per heavy atom. The number of hydrogen-bond acceptors (Lipinski definition) is 4. The molecule has 1 saturated carbocycles. The van der Waals surface area contributed by atoms with Crippen molar-refractivity contribution in [2.45, 2.75) is 24.7 Å². The highest BCUT2D eigenvalue weighted by Gasteiger charge is 2.43. The maximum atomic E-state index is 6.37. The van der Waals surface area contributed by atoms with Crippen LogP contribution >= 0.6 is 11.6 Å². The zero-order chi connectivity index (χ0) is 15.9. The molecule has 1 saturated heterocycles. The van der Waals surface area contributed by atoms with E-state index < -0.39 is 0 Å². The van der Waals surface area contributed by atoms with Crippen molar-refractivity contribution in [3.63, 3.8) is 0 Å². The highest BCUT2D eigenvalue weighted by atomic mass is 35.5. The van der Waals surface area contributed by atoms with Gasteiger partial charge in [0.2, 0.25) is 0 Å². The molecule has 2 aliphatic rings. The Hall–Kier alpha value is -1.72. The average molecular weight is 333 g/mol. The fraction of sp³-hybridized carbons (Fsp3) is 0.471. The van der Waals surface area contributed by atoms with E-state index in [2.05, 4.69) is 39.4 Å². The number of H-pyrrole nitrogens is 1. The largest absolute Gasteiger partial charge is 0.381 e. The molecule has 0 bridgehead atoms. The lowest BCUT2D eigenvalue weighted by molar-refractivity contribution is 0.122. The number of aromatic nitrogens is 2. The summed E-state index contributed by atoms with van der Waals surface area (Å²) in [7, 11) is 0. The van der Waals surface area contributed by atoms with Crippen molar-refractivity contribution in [3.8, 4) is 0 Å². The van der Waals surface area contributed by atoms with Gasteiger partial charge in [-0.15, -0.1) is 0 Å². The lowest BCUT2D eigenvalue weighted by Crippen LogP contribution is -2.37. The van der Waals surface area contributed by atoms with Crippen LogP contribution in [-0.4, -0.2) is 36.5 Å². The summed E-state index contributed by atoms with van der Waals surface area (Å²) < 4.78 is 5.42. The fourth-order valence-corrected chi connectivity index (χ4v) is 3.95. The first-order chi connectivity index (χ1) is 11.2. The molecule has 0 atom stereocenters. The van der Waals surface area contributed by atoms with Gasteiger partial charge < -0.3 is 15.4 Å². The van der Waals surface area contributed by atoms with Gasteiger partial charge in [-0.2, -0.15) is 5.10 Å². The lowest BCUT2D eigenvalue weighted by Gasteiger charge is -2.42. The van der Waals surface area contributed by atoms with Crippen LogP contribution in [-0.2, 0) is 10.2 Å². The third kappa shape index (κ3) is 2.39. The van der Waals surface area contributed by atoms with Crippen molar-refractivity contribution in [1.82, 2.24) is 10.2 Å². The molecule has 6 heteroatoms. The van der Waals surface area contributed by atoms with Crippen molar-refractivity contribution in [3.05, 3.63) is 40.5 Å². The van der Waals surface area contributed by atoms with Gasteiger partial charge in [-0.25, -0.2) is 0 Å². The second-order valence-corrected chi connectivity index (χ2v) is 6.76. The van der Waals surface area contributed by atoms with Crippen LogP contribution in [0.2, 0.25) is 5.02 Å². The smallest absolute Gasteiger partial charge is 0.164 e. The second kappa shape index (κ2) is 5.73. The fourth-order valence-electron chi connectivity index (χ4n) is 3.69. The monoisotopic (exact) mass is 332 g/mol. The molecule has 3 N–H and O–H groups in total. The van der Waals surface area contributed by atoms with Crippen LogP contribution in [0.4, 0.5) is 11.5 Å². The third-order valence-electron chi connectivity index (χ3n) is 5.21. The number of halogens is 1. The van der Waals surface area contributed by atoms with Crippen molar-refractivity contribution in [2.75, 3.05) is 36.9 Å². The molecule has 1 aromatic carbocycles. The number of benzene rings is 1. The van der Waals surface area contributed by atoms with E-state index >= 15 is 0 Å². The molecular formula is C17H21ClN4O. The molecule has 1 aliphatic heterocycles. The van der Waals surface area contributed by atoms with Crippen LogP contribution in [0, 0.1) is 0 Å². The van der Waals surface area contributed by atoms with Crippen LogP contribution < -0.4 is 10.6 Å². The highest BCUT2D eigenvalue weighted by Crippen LogP contribution is 2.51. The van der Waals surface area contributed by atoms with Gasteiger partial charge in [-0.3, -0.25) is 5.10 Å². The molecule has 0 unspecified atom stereocenters. The summed E-state index contributed by atoms with van der Waals surface area (Å²) in [5.74, 6) is 0.387. The summed E-state index contributed by atoms with van der Waals surface area (Å²) in [5, 5.41) is 7.71. The van der Waals surface area contributed by atoms with Gasteiger partial charge in [0, 0.05) is 24.2 Å². The normalized spacial score (nSPS) is 20.3. The Morgan fingerprint density at radius 1 is 1.17 bits per heavy atom. The average Bonchev–Trinajstić information content (AvgIpc) is 2.88. The number of nitrogens with zero attached hydrogens (tertiary/aromatic N) is 2. The minimum Gasteiger partial charge on any atom is -0.381 e. The van der Waals surface area contributed by atoms with Gasteiger partial charge in [-0.1, -0.05) is 30.2 Å². The summed E-state index contributed by atoms with van der Waals surface area (Å²) in [6, 6.07) is 8.84. The third-order valence-corrected chi connectivity index (χ3v) is 5.60. The maximum Gasteiger partial charge on any atom is 0.164 e. The molecule has 1 aromatic heterocycles. The minimum atomic E-state index is -0.0642. The second-order valence-electron chi connectivity index (χ2n) is 6.38. The number of rotatable bonds is 3. The van der Waals surface area contributed by atoms with E-state index in [0.717, 1.165) is 44.8 Å². The first-order valence-corrected chi connectivity index (χ1v) is 8.51. The molecule has 0 spiro atoms. The number of nitrogens with two attached hydrogens (primary N) is 1. The molecule has 0 radical (unpaired) electrons. The van der Waals surface area contributed by atoms with E-state index in [1.54, 1.807) is 0 Å². The summed E-state index contributed by atoms with van der Waals surface area (Å²) in [4.78, 5) is 2.36. The molecule has 0 amide bonds. The molecule has 2 fully saturated rings. The van der Waals surface area contributed by atoms with Crippen LogP contribution in [0.25, 0.3) is 0 Å². The summed E-state index contributed by atoms with van der Waals surface area (Å²) >= 11 is 6.37. The Kier molecular flexibility index (Phi) is 3.70. The quantitative estimate of drug-likeness (QED) is 0.906. The molecule has 1 aliphatic carbocycles. The number of anilines is 2. The van der Waals surface area contributed by atoms with E-state index in [-0.39, 0.29) is 5.41 Å². The van der Waals surface area contributed by atoms with E-state index in [0.29, 0.717) is 10.8 Å². The number of nitrogen functional groups attached to an aromatic ring is 1. The molecule has 23 heavy (non-hydrogen) atoms. The van der Waals surface area contributed by atoms with E-state index in [4.69, 9.17) is 22.1 Å². The SMILES string of the molecule is Nc1n[nH]c(C2(c3ccc(N4CCOCC4)cc3)CCC2)c1Cl. The first-order valence-electron chi connectivity index (χ1n) is 8.14. The van der Waals surface area contributed by atoms with Crippen molar-refractivity contribution in [1.29, 1.82) is 0 Å². The Bertz CT molecular complexity index is 687. The number of morpholine rings is 1. The van der Waals surface area contributed by atoms with Crippen LogP contribution in [0.3, 0.4) is 0 Å². The number of aromatic amines is 1. The van der Waals surface area contributed by atoms with E-state index in [9.17, 15) is 0 Å². The van der Waals surface area contributed by atoms with Gasteiger partial charge in [-0.05, 0) is 30.5 Å². The first kappa shape index (κ1) is 14.8. The molecule has 4 rings (SSSR count). The van der Waals surface area contributed by atoms with Crippen molar-refractivity contribution < 1.29 is 4.74 Å². The Balaban J connectivity index is 1.64. The maximum absolute atomic E-state index is 6.37. The molecule has 122 valence electrons. The zero-order valence-corrected chi connectivity index (χ0v) is 13.8. The van der Waals surface area contributed by atoms with Gasteiger partial charge in [0.25, 0.3) is 0 Å².